The smallest absolute Gasteiger partial charge is 0.287 e. The van der Waals surface area contributed by atoms with Crippen LogP contribution in [-0.2, 0) is 16.6 Å². The average molecular weight is 379 g/mol. The molecule has 1 aliphatic heterocycles. The fourth-order valence-electron chi connectivity index (χ4n) is 3.44. The molecule has 140 valence electrons. The van der Waals surface area contributed by atoms with E-state index in [-0.39, 0.29) is 11.7 Å². The van der Waals surface area contributed by atoms with E-state index in [1.165, 1.54) is 24.9 Å². The molecule has 1 aromatic heterocycles. The van der Waals surface area contributed by atoms with Crippen molar-refractivity contribution in [2.24, 2.45) is 12.1 Å². The first-order chi connectivity index (χ1) is 12.3. The van der Waals surface area contributed by atoms with Crippen LogP contribution in [0.1, 0.15) is 43.3 Å². The fourth-order valence-corrected chi connectivity index (χ4v) is 4.19. The summed E-state index contributed by atoms with van der Waals surface area (Å²) in [6.45, 7) is 0. The summed E-state index contributed by atoms with van der Waals surface area (Å²) in [5, 5.41) is 9.27. The second kappa shape index (κ2) is 7.18. The van der Waals surface area contributed by atoms with Crippen LogP contribution >= 0.6 is 11.8 Å². The van der Waals surface area contributed by atoms with Gasteiger partial charge in [-0.3, -0.25) is 19.0 Å². The predicted molar refractivity (Wildman–Crippen MR) is 97.6 cm³/mol. The second-order valence-corrected chi connectivity index (χ2v) is 7.71. The number of nitrogens with zero attached hydrogens (tertiary/aromatic N) is 5. The maximum Gasteiger partial charge on any atom is 0.347 e. The van der Waals surface area contributed by atoms with Crippen molar-refractivity contribution in [2.45, 2.75) is 42.9 Å². The molecule has 10 heteroatoms. The number of likely N-dealkylation sites (N-methyl/N-ethyl adjacent to an activating group) is 1. The molecule has 2 heterocycles. The van der Waals surface area contributed by atoms with Crippen molar-refractivity contribution in [3.05, 3.63) is 26.5 Å². The summed E-state index contributed by atoms with van der Waals surface area (Å²) in [4.78, 5) is 49.7. The van der Waals surface area contributed by atoms with Gasteiger partial charge in [0.05, 0.1) is 0 Å². The minimum atomic E-state index is -1.16. The first kappa shape index (κ1) is 18.6. The number of carbonyl (C=O) groups is 2. The van der Waals surface area contributed by atoms with Gasteiger partial charge in [-0.05, 0) is 31.9 Å². The number of hydrogen-bond donors (Lipinski definition) is 0. The van der Waals surface area contributed by atoms with Gasteiger partial charge in [0.25, 0.3) is 5.56 Å². The zero-order chi connectivity index (χ0) is 19.0. The van der Waals surface area contributed by atoms with Crippen LogP contribution in [-0.4, -0.2) is 55.8 Å². The van der Waals surface area contributed by atoms with Gasteiger partial charge in [0, 0.05) is 31.6 Å². The highest BCUT2D eigenvalue weighted by Gasteiger charge is 2.36. The molecule has 0 aromatic carbocycles. The van der Waals surface area contributed by atoms with Gasteiger partial charge >= 0.3 is 11.6 Å². The van der Waals surface area contributed by atoms with Crippen molar-refractivity contribution < 1.29 is 9.59 Å². The minimum Gasteiger partial charge on any atom is -0.287 e. The van der Waals surface area contributed by atoms with Crippen LogP contribution < -0.4 is 11.2 Å². The van der Waals surface area contributed by atoms with Gasteiger partial charge in [-0.2, -0.15) is 22.0 Å². The molecule has 1 atom stereocenters. The first-order valence-electron chi connectivity index (χ1n) is 8.43. The normalized spacial score (nSPS) is 26.4. The number of aryl methyl sites for hydroxylation is 1. The van der Waals surface area contributed by atoms with Crippen molar-refractivity contribution in [2.75, 3.05) is 13.3 Å². The van der Waals surface area contributed by atoms with E-state index < -0.39 is 28.9 Å². The van der Waals surface area contributed by atoms with Crippen molar-refractivity contribution in [1.82, 2.24) is 19.4 Å². The molecule has 26 heavy (non-hydrogen) atoms. The summed E-state index contributed by atoms with van der Waals surface area (Å²) in [5.41, 5.74) is -1.24. The average Bonchev–Trinajstić information content (AvgIpc) is 2.64. The third-order valence-corrected chi connectivity index (χ3v) is 6.13. The SMILES string of the molecule is CSC1CCC(n2c(=O)c(C3C=NN(C)C(=O)C3=O)nn(C)c2=O)CC1. The van der Waals surface area contributed by atoms with Gasteiger partial charge in [0.2, 0.25) is 5.78 Å². The van der Waals surface area contributed by atoms with Crippen LogP contribution in [0, 0.1) is 0 Å². The molecule has 9 nitrogen and oxygen atoms in total. The van der Waals surface area contributed by atoms with E-state index in [1.54, 1.807) is 11.8 Å². The Hall–Kier alpha value is -2.23. The summed E-state index contributed by atoms with van der Waals surface area (Å²) in [7, 11) is 2.80. The lowest BCUT2D eigenvalue weighted by atomic mass is 9.94. The quantitative estimate of drug-likeness (QED) is 0.679. The zero-order valence-corrected chi connectivity index (χ0v) is 15.7. The van der Waals surface area contributed by atoms with Crippen LogP contribution in [0.4, 0.5) is 0 Å². The lowest BCUT2D eigenvalue weighted by molar-refractivity contribution is -0.144. The van der Waals surface area contributed by atoms with Crippen LogP contribution in [0.15, 0.2) is 14.7 Å². The molecule has 1 saturated carbocycles. The molecule has 1 unspecified atom stereocenters. The maximum absolute atomic E-state index is 13.0. The van der Waals surface area contributed by atoms with E-state index in [2.05, 4.69) is 16.5 Å². The summed E-state index contributed by atoms with van der Waals surface area (Å²) < 4.78 is 2.25. The standard InChI is InChI=1S/C16H21N5O4S/c1-19-15(24)13(22)11(8-17-19)12-14(23)21(16(25)20(2)18-12)9-4-6-10(26-3)7-5-9/h8-11H,4-7H2,1-3H3. The van der Waals surface area contributed by atoms with Gasteiger partial charge in [-0.25, -0.2) is 14.5 Å². The number of ketones is 1. The highest BCUT2D eigenvalue weighted by Crippen LogP contribution is 2.32. The molecule has 0 radical (unpaired) electrons. The third-order valence-electron chi connectivity index (χ3n) is 4.99. The second-order valence-electron chi connectivity index (χ2n) is 6.57. The Balaban J connectivity index is 2.05. The topological polar surface area (TPSA) is 107 Å². The van der Waals surface area contributed by atoms with Crippen LogP contribution in [0.25, 0.3) is 0 Å². The predicted octanol–water partition coefficient (Wildman–Crippen LogP) is -0.101. The molecule has 2 aliphatic rings. The molecule has 1 aromatic rings. The summed E-state index contributed by atoms with van der Waals surface area (Å²) in [6, 6.07) is -0.222. The van der Waals surface area contributed by atoms with Crippen LogP contribution in [0.2, 0.25) is 0 Å². The van der Waals surface area contributed by atoms with Gasteiger partial charge < -0.3 is 0 Å². The summed E-state index contributed by atoms with van der Waals surface area (Å²) in [6.07, 6.45) is 6.57. The monoisotopic (exact) mass is 379 g/mol. The summed E-state index contributed by atoms with van der Waals surface area (Å²) >= 11 is 1.79. The number of carbonyl (C=O) groups excluding carboxylic acids is 2. The zero-order valence-electron chi connectivity index (χ0n) is 14.9. The fraction of sp³-hybridized carbons (Fsp3) is 0.625. The van der Waals surface area contributed by atoms with E-state index in [9.17, 15) is 19.2 Å². The van der Waals surface area contributed by atoms with E-state index in [1.807, 2.05) is 0 Å². The Labute approximate surface area is 154 Å². The van der Waals surface area contributed by atoms with Crippen LogP contribution in [0.3, 0.4) is 0 Å². The van der Waals surface area contributed by atoms with Crippen molar-refractivity contribution in [3.63, 3.8) is 0 Å². The third kappa shape index (κ3) is 3.13. The van der Waals surface area contributed by atoms with E-state index in [4.69, 9.17) is 0 Å². The van der Waals surface area contributed by atoms with Gasteiger partial charge in [-0.1, -0.05) is 0 Å². The molecule has 0 saturated heterocycles. The largest absolute Gasteiger partial charge is 0.347 e. The molecule has 0 N–H and O–H groups in total. The maximum atomic E-state index is 13.0. The highest BCUT2D eigenvalue weighted by atomic mass is 32.2. The Morgan fingerprint density at radius 3 is 2.35 bits per heavy atom. The summed E-state index contributed by atoms with van der Waals surface area (Å²) in [5.74, 6) is -2.74. The number of Topliss-reactive ketones (excluding diaryl/α,β-unsaturated/α-hetero) is 1. The Morgan fingerprint density at radius 2 is 1.73 bits per heavy atom. The number of hydrazone groups is 1. The Kier molecular flexibility index (Phi) is 5.12. The molecule has 0 spiro atoms. The van der Waals surface area contributed by atoms with Crippen molar-refractivity contribution in [1.29, 1.82) is 0 Å². The number of amides is 1. The number of rotatable bonds is 3. The number of aromatic nitrogens is 3. The van der Waals surface area contributed by atoms with E-state index >= 15 is 0 Å². The molecular weight excluding hydrogens is 358 g/mol. The number of thioether (sulfide) groups is 1. The molecule has 0 bridgehead atoms. The Bertz CT molecular complexity index is 882. The van der Waals surface area contributed by atoms with Gasteiger partial charge in [-0.15, -0.1) is 0 Å². The molecule has 1 aliphatic carbocycles. The number of hydrogen-bond acceptors (Lipinski definition) is 7. The van der Waals surface area contributed by atoms with E-state index in [0.717, 1.165) is 35.4 Å². The molecular formula is C16H21N5O4S. The first-order valence-corrected chi connectivity index (χ1v) is 9.72. The van der Waals surface area contributed by atoms with Crippen molar-refractivity contribution >= 4 is 29.7 Å². The Morgan fingerprint density at radius 1 is 1.08 bits per heavy atom. The van der Waals surface area contributed by atoms with Crippen molar-refractivity contribution in [3.8, 4) is 0 Å². The molecule has 3 rings (SSSR count). The molecule has 1 amide bonds. The lowest BCUT2D eigenvalue weighted by Crippen LogP contribution is -2.48. The van der Waals surface area contributed by atoms with Gasteiger partial charge in [0.15, 0.2) is 0 Å². The lowest BCUT2D eigenvalue weighted by Gasteiger charge is -2.29. The highest BCUT2D eigenvalue weighted by molar-refractivity contribution is 7.99. The van der Waals surface area contributed by atoms with E-state index in [0.29, 0.717) is 5.25 Å². The van der Waals surface area contributed by atoms with Gasteiger partial charge in [0.1, 0.15) is 11.6 Å². The minimum absolute atomic E-state index is 0.130. The molecule has 1 fully saturated rings. The van der Waals surface area contributed by atoms with Crippen LogP contribution in [0.5, 0.6) is 0 Å².